The van der Waals surface area contributed by atoms with Crippen molar-refractivity contribution in [2.24, 2.45) is 0 Å². The second-order valence-electron chi connectivity index (χ2n) is 9.01. The average molecular weight is 530 g/mol. The molecule has 5 rings (SSSR count). The van der Waals surface area contributed by atoms with Gasteiger partial charge in [-0.05, 0) is 48.1 Å². The first-order valence-corrected chi connectivity index (χ1v) is 12.5. The zero-order valence-corrected chi connectivity index (χ0v) is 21.2. The number of thiocarbonyl (C=S) groups is 1. The molecule has 2 N–H and O–H groups in total. The Morgan fingerprint density at radius 3 is 2.62 bits per heavy atom. The third-order valence-corrected chi connectivity index (χ3v) is 6.89. The predicted molar refractivity (Wildman–Crippen MR) is 138 cm³/mol. The Balaban J connectivity index is 1.12. The number of benzene rings is 2. The Hall–Kier alpha value is -3.80. The third kappa shape index (κ3) is 5.63. The van der Waals surface area contributed by atoms with E-state index in [9.17, 15) is 9.59 Å². The molecular formula is C25H28FN5O5S. The minimum Gasteiger partial charge on any atom is -0.454 e. The second-order valence-corrected chi connectivity index (χ2v) is 9.40. The normalized spacial score (nSPS) is 18.6. The number of nitrogens with zero attached hydrogens (tertiary/aromatic N) is 3. The Morgan fingerprint density at radius 1 is 1.08 bits per heavy atom. The van der Waals surface area contributed by atoms with Crippen LogP contribution in [0, 0.1) is 5.82 Å². The van der Waals surface area contributed by atoms with Crippen LogP contribution in [0.4, 0.5) is 20.6 Å². The molecule has 0 spiro atoms. The van der Waals surface area contributed by atoms with Crippen molar-refractivity contribution in [3.05, 3.63) is 47.8 Å². The first kappa shape index (κ1) is 24.9. The Labute approximate surface area is 219 Å². The van der Waals surface area contributed by atoms with Gasteiger partial charge in [-0.25, -0.2) is 9.18 Å². The summed E-state index contributed by atoms with van der Waals surface area (Å²) in [6.45, 7) is 5.17. The largest absolute Gasteiger partial charge is 0.454 e. The molecule has 2 amide bonds. The van der Waals surface area contributed by atoms with E-state index < -0.39 is 18.0 Å². The number of rotatable bonds is 6. The van der Waals surface area contributed by atoms with Crippen molar-refractivity contribution in [2.45, 2.75) is 19.6 Å². The fraction of sp³-hybridized carbons (Fsp3) is 0.400. The molecule has 2 saturated heterocycles. The van der Waals surface area contributed by atoms with Crippen LogP contribution in [0.2, 0.25) is 0 Å². The highest BCUT2D eigenvalue weighted by molar-refractivity contribution is 7.80. The zero-order chi connectivity index (χ0) is 25.9. The van der Waals surface area contributed by atoms with Crippen LogP contribution >= 0.6 is 12.2 Å². The highest BCUT2D eigenvalue weighted by Crippen LogP contribution is 2.32. The smallest absolute Gasteiger partial charge is 0.414 e. The Bertz CT molecular complexity index is 1210. The number of cyclic esters (lactones) is 1. The molecule has 3 aliphatic rings. The van der Waals surface area contributed by atoms with Crippen LogP contribution in [-0.2, 0) is 16.1 Å². The molecule has 37 heavy (non-hydrogen) atoms. The molecule has 3 aliphatic heterocycles. The van der Waals surface area contributed by atoms with Gasteiger partial charge in [0.1, 0.15) is 11.9 Å². The average Bonchev–Trinajstić information content (AvgIpc) is 3.52. The fourth-order valence-electron chi connectivity index (χ4n) is 4.51. The van der Waals surface area contributed by atoms with Gasteiger partial charge < -0.3 is 34.6 Å². The molecule has 10 nitrogen and oxygen atoms in total. The number of carbonyl (C=O) groups excluding carboxylic acids is 2. The Kier molecular flexibility index (Phi) is 7.17. The van der Waals surface area contributed by atoms with Crippen molar-refractivity contribution >= 4 is 40.7 Å². The summed E-state index contributed by atoms with van der Waals surface area (Å²) in [5.74, 6) is 0.867. The molecule has 2 aromatic carbocycles. The first-order chi connectivity index (χ1) is 17.9. The fourth-order valence-corrected chi connectivity index (χ4v) is 4.76. The molecule has 0 radical (unpaired) electrons. The highest BCUT2D eigenvalue weighted by Gasteiger charge is 2.33. The van der Waals surface area contributed by atoms with E-state index in [0.717, 1.165) is 17.1 Å². The monoisotopic (exact) mass is 529 g/mol. The minimum atomic E-state index is -0.558. The number of carbonyl (C=O) groups is 2. The lowest BCUT2D eigenvalue weighted by Gasteiger charge is -2.37. The van der Waals surface area contributed by atoms with Gasteiger partial charge in [-0.15, -0.1) is 0 Å². The summed E-state index contributed by atoms with van der Waals surface area (Å²) in [5.41, 5.74) is 1.94. The molecule has 1 atom stereocenters. The van der Waals surface area contributed by atoms with Gasteiger partial charge in [-0.2, -0.15) is 0 Å². The quantitative estimate of drug-likeness (QED) is 0.546. The number of nitrogens with one attached hydrogen (secondary N) is 2. The zero-order valence-electron chi connectivity index (χ0n) is 20.4. The van der Waals surface area contributed by atoms with Crippen LogP contribution in [0.25, 0.3) is 0 Å². The predicted octanol–water partition coefficient (Wildman–Crippen LogP) is 2.21. The van der Waals surface area contributed by atoms with Gasteiger partial charge in [-0.3, -0.25) is 9.69 Å². The van der Waals surface area contributed by atoms with Gasteiger partial charge in [0.05, 0.1) is 24.5 Å². The summed E-state index contributed by atoms with van der Waals surface area (Å²) >= 11 is 5.58. The molecule has 12 heteroatoms. The van der Waals surface area contributed by atoms with E-state index in [1.165, 1.54) is 17.9 Å². The molecule has 0 saturated carbocycles. The van der Waals surface area contributed by atoms with Crippen LogP contribution in [0.1, 0.15) is 12.5 Å². The Morgan fingerprint density at radius 2 is 1.86 bits per heavy atom. The summed E-state index contributed by atoms with van der Waals surface area (Å²) in [7, 11) is 0. The van der Waals surface area contributed by atoms with Crippen LogP contribution < -0.4 is 29.9 Å². The van der Waals surface area contributed by atoms with Gasteiger partial charge in [0, 0.05) is 39.6 Å². The summed E-state index contributed by atoms with van der Waals surface area (Å²) in [4.78, 5) is 28.8. The van der Waals surface area contributed by atoms with Gasteiger partial charge in [-0.1, -0.05) is 6.07 Å². The number of anilines is 2. The van der Waals surface area contributed by atoms with E-state index in [0.29, 0.717) is 49.2 Å². The van der Waals surface area contributed by atoms with Crippen LogP contribution in [-0.4, -0.2) is 74.2 Å². The first-order valence-electron chi connectivity index (χ1n) is 12.1. The van der Waals surface area contributed by atoms with Crippen molar-refractivity contribution in [1.82, 2.24) is 15.5 Å². The van der Waals surface area contributed by atoms with E-state index in [1.807, 2.05) is 23.1 Å². The van der Waals surface area contributed by atoms with Gasteiger partial charge in [0.2, 0.25) is 12.7 Å². The number of hydrogen-bond acceptors (Lipinski definition) is 7. The van der Waals surface area contributed by atoms with Crippen molar-refractivity contribution < 1.29 is 28.2 Å². The number of ether oxygens (including phenoxy) is 3. The van der Waals surface area contributed by atoms with E-state index >= 15 is 4.39 Å². The molecule has 0 bridgehead atoms. The molecular weight excluding hydrogens is 501 g/mol. The number of piperazine rings is 1. The van der Waals surface area contributed by atoms with E-state index in [-0.39, 0.29) is 25.8 Å². The molecule has 0 unspecified atom stereocenters. The number of fused-ring (bicyclic) bond motifs is 1. The lowest BCUT2D eigenvalue weighted by molar-refractivity contribution is -0.119. The maximum Gasteiger partial charge on any atom is 0.414 e. The lowest BCUT2D eigenvalue weighted by atomic mass is 10.2. The topological polar surface area (TPSA) is 95.6 Å². The molecule has 0 aliphatic carbocycles. The van der Waals surface area contributed by atoms with Crippen molar-refractivity contribution in [3.8, 4) is 11.5 Å². The standard InChI is InChI=1S/C25H28FN5O5S/c1-16(32)27-13-19-14-31(25(33)36-19)18-3-4-21(20(26)11-18)29-6-8-30(9-7-29)24(37)28-12-17-2-5-22-23(10-17)35-15-34-22/h2-5,10-11,19H,6-9,12-15H2,1H3,(H,27,32)(H,28,37)/t19-/m0/s1. The lowest BCUT2D eigenvalue weighted by Crippen LogP contribution is -2.51. The molecule has 2 fully saturated rings. The SMILES string of the molecule is CC(=O)NC[C@H]1CN(c2ccc(N3CCN(C(=S)NCc4ccc5c(c4)OCO5)CC3)c(F)c2)C(=O)O1. The highest BCUT2D eigenvalue weighted by atomic mass is 32.1. The molecule has 2 aromatic rings. The molecule has 0 aromatic heterocycles. The maximum absolute atomic E-state index is 15.1. The summed E-state index contributed by atoms with van der Waals surface area (Å²) in [5, 5.41) is 6.56. The molecule has 3 heterocycles. The van der Waals surface area contributed by atoms with Crippen LogP contribution in [0.3, 0.4) is 0 Å². The van der Waals surface area contributed by atoms with Crippen molar-refractivity contribution in [2.75, 3.05) is 55.9 Å². The van der Waals surface area contributed by atoms with Gasteiger partial charge in [0.15, 0.2) is 16.6 Å². The van der Waals surface area contributed by atoms with Crippen LogP contribution in [0.15, 0.2) is 36.4 Å². The minimum absolute atomic E-state index is 0.203. The van der Waals surface area contributed by atoms with Crippen molar-refractivity contribution in [3.63, 3.8) is 0 Å². The van der Waals surface area contributed by atoms with E-state index in [1.54, 1.807) is 12.1 Å². The maximum atomic E-state index is 15.1. The number of amides is 2. The second kappa shape index (κ2) is 10.7. The van der Waals surface area contributed by atoms with E-state index in [2.05, 4.69) is 15.5 Å². The summed E-state index contributed by atoms with van der Waals surface area (Å²) < 4.78 is 31.1. The third-order valence-electron chi connectivity index (χ3n) is 6.48. The van der Waals surface area contributed by atoms with E-state index in [4.69, 9.17) is 26.4 Å². The summed E-state index contributed by atoms with van der Waals surface area (Å²) in [6, 6.07) is 10.5. The van der Waals surface area contributed by atoms with Gasteiger partial charge >= 0.3 is 6.09 Å². The number of hydrogen-bond donors (Lipinski definition) is 2. The number of halogens is 1. The van der Waals surface area contributed by atoms with Crippen molar-refractivity contribution in [1.29, 1.82) is 0 Å². The molecule has 196 valence electrons. The van der Waals surface area contributed by atoms with Crippen LogP contribution in [0.5, 0.6) is 11.5 Å². The van der Waals surface area contributed by atoms with Gasteiger partial charge in [0.25, 0.3) is 0 Å². The summed E-state index contributed by atoms with van der Waals surface area (Å²) in [6.07, 6.45) is -1.03.